The summed E-state index contributed by atoms with van der Waals surface area (Å²) >= 11 is 0. The summed E-state index contributed by atoms with van der Waals surface area (Å²) in [5, 5.41) is 0. The first-order valence-corrected chi connectivity index (χ1v) is 28.4. The van der Waals surface area contributed by atoms with Gasteiger partial charge in [-0.3, -0.25) is 14.4 Å². The van der Waals surface area contributed by atoms with E-state index in [-0.39, 0.29) is 37.5 Å². The first-order chi connectivity index (χ1) is 33.0. The molecule has 1 atom stereocenters. The van der Waals surface area contributed by atoms with Crippen molar-refractivity contribution in [2.24, 2.45) is 0 Å². The molecule has 0 fully saturated rings. The average molecular weight is 936 g/mol. The standard InChI is InChI=1S/C61H106O6/c1-4-7-10-13-16-19-22-25-28-29-30-31-34-36-39-42-45-48-51-54-60(63)66-57-58(67-61(64)55-52-49-46-43-40-37-33-27-24-21-18-15-12-9-6-3)56-65-59(62)53-50-47-44-41-38-35-32-26-23-20-17-14-11-8-5-2/h9,12,18,21,25-28,32-33,40,43,58H,4-8,10-11,13-17,19-20,22-24,29-31,34-39,41-42,44-57H2,1-3H3/b12-9-,21-18-,28-25-,32-26-,33-27-,43-40-. The van der Waals surface area contributed by atoms with E-state index in [1.165, 1.54) is 148 Å². The Morgan fingerprint density at radius 3 is 0.955 bits per heavy atom. The molecule has 6 nitrogen and oxygen atoms in total. The van der Waals surface area contributed by atoms with Crippen molar-refractivity contribution in [1.29, 1.82) is 0 Å². The minimum absolute atomic E-state index is 0.0951. The Morgan fingerprint density at radius 2 is 0.582 bits per heavy atom. The van der Waals surface area contributed by atoms with Crippen LogP contribution in [-0.4, -0.2) is 37.2 Å². The molecule has 0 aromatic carbocycles. The lowest BCUT2D eigenvalue weighted by atomic mass is 10.1. The third kappa shape index (κ3) is 53.7. The molecule has 0 rings (SSSR count). The molecular weight excluding hydrogens is 829 g/mol. The van der Waals surface area contributed by atoms with Gasteiger partial charge in [-0.05, 0) is 109 Å². The van der Waals surface area contributed by atoms with E-state index < -0.39 is 6.10 Å². The largest absolute Gasteiger partial charge is 0.462 e. The summed E-state index contributed by atoms with van der Waals surface area (Å²) in [7, 11) is 0. The number of hydrogen-bond donors (Lipinski definition) is 0. The Balaban J connectivity index is 4.42. The number of rotatable bonds is 51. The second-order valence-electron chi connectivity index (χ2n) is 18.8. The summed E-state index contributed by atoms with van der Waals surface area (Å²) in [5.41, 5.74) is 0. The van der Waals surface area contributed by atoms with Gasteiger partial charge < -0.3 is 14.2 Å². The molecule has 0 aliphatic heterocycles. The number of unbranched alkanes of at least 4 members (excludes halogenated alkanes) is 28. The minimum Gasteiger partial charge on any atom is -0.462 e. The number of carbonyl (C=O) groups excluding carboxylic acids is 3. The maximum absolute atomic E-state index is 12.8. The van der Waals surface area contributed by atoms with Gasteiger partial charge in [0.1, 0.15) is 13.2 Å². The van der Waals surface area contributed by atoms with Crippen LogP contribution in [0.25, 0.3) is 0 Å². The molecule has 386 valence electrons. The molecule has 67 heavy (non-hydrogen) atoms. The molecule has 0 aliphatic rings. The molecule has 0 radical (unpaired) electrons. The van der Waals surface area contributed by atoms with Crippen molar-refractivity contribution in [3.05, 3.63) is 72.9 Å². The van der Waals surface area contributed by atoms with Crippen LogP contribution < -0.4 is 0 Å². The fourth-order valence-corrected chi connectivity index (χ4v) is 7.89. The summed E-state index contributed by atoms with van der Waals surface area (Å²) in [6.07, 6.45) is 70.4. The molecule has 1 unspecified atom stereocenters. The predicted molar refractivity (Wildman–Crippen MR) is 288 cm³/mol. The summed E-state index contributed by atoms with van der Waals surface area (Å²) in [5.74, 6) is -0.941. The molecule has 0 spiro atoms. The lowest BCUT2D eigenvalue weighted by Crippen LogP contribution is -2.30. The normalized spacial score (nSPS) is 12.6. The molecule has 0 aliphatic carbocycles. The van der Waals surface area contributed by atoms with Gasteiger partial charge in [-0.1, -0.05) is 222 Å². The van der Waals surface area contributed by atoms with Crippen LogP contribution >= 0.6 is 0 Å². The van der Waals surface area contributed by atoms with Gasteiger partial charge in [0, 0.05) is 19.3 Å². The van der Waals surface area contributed by atoms with Crippen molar-refractivity contribution in [1.82, 2.24) is 0 Å². The summed E-state index contributed by atoms with van der Waals surface area (Å²) in [4.78, 5) is 38.1. The first kappa shape index (κ1) is 63.8. The van der Waals surface area contributed by atoms with E-state index in [2.05, 4.69) is 93.7 Å². The number of ether oxygens (including phenoxy) is 3. The predicted octanol–water partition coefficient (Wildman–Crippen LogP) is 19.0. The van der Waals surface area contributed by atoms with Crippen molar-refractivity contribution < 1.29 is 28.6 Å². The van der Waals surface area contributed by atoms with Crippen LogP contribution in [0.15, 0.2) is 72.9 Å². The molecule has 6 heteroatoms. The monoisotopic (exact) mass is 935 g/mol. The summed E-state index contributed by atoms with van der Waals surface area (Å²) in [6, 6.07) is 0. The maximum Gasteiger partial charge on any atom is 0.306 e. The molecule has 0 bridgehead atoms. The molecule has 0 saturated carbocycles. The zero-order chi connectivity index (χ0) is 48.6. The van der Waals surface area contributed by atoms with Crippen LogP contribution in [0.1, 0.15) is 278 Å². The number of esters is 3. The van der Waals surface area contributed by atoms with Crippen LogP contribution in [0, 0.1) is 0 Å². The SMILES string of the molecule is CC/C=C\C/C=C\C/C=C\C/C=C\CCCCC(=O)OC(COC(=O)CCCCCCC/C=C\CCCCCCCC)COC(=O)CCCCCCCCCCC/C=C\CCCCCCCC. The quantitative estimate of drug-likeness (QED) is 0.0262. The van der Waals surface area contributed by atoms with Crippen molar-refractivity contribution >= 4 is 17.9 Å². The number of carbonyl (C=O) groups is 3. The molecular formula is C61H106O6. The summed E-state index contributed by atoms with van der Waals surface area (Å²) < 4.78 is 16.8. The highest BCUT2D eigenvalue weighted by Crippen LogP contribution is 2.15. The van der Waals surface area contributed by atoms with Crippen LogP contribution in [0.4, 0.5) is 0 Å². The third-order valence-corrected chi connectivity index (χ3v) is 12.2. The number of allylic oxidation sites excluding steroid dienone is 12. The second kappa shape index (κ2) is 55.4. The summed E-state index contributed by atoms with van der Waals surface area (Å²) in [6.45, 7) is 6.49. The van der Waals surface area contributed by atoms with Crippen molar-refractivity contribution in [2.45, 2.75) is 284 Å². The molecule has 0 aromatic heterocycles. The highest BCUT2D eigenvalue weighted by molar-refractivity contribution is 5.71. The Hall–Kier alpha value is -3.15. The van der Waals surface area contributed by atoms with E-state index in [0.717, 1.165) is 83.5 Å². The van der Waals surface area contributed by atoms with E-state index in [1.807, 2.05) is 0 Å². The smallest absolute Gasteiger partial charge is 0.306 e. The van der Waals surface area contributed by atoms with Gasteiger partial charge in [0.15, 0.2) is 6.10 Å². The topological polar surface area (TPSA) is 78.9 Å². The van der Waals surface area contributed by atoms with Crippen molar-refractivity contribution in [3.63, 3.8) is 0 Å². The Bertz CT molecular complexity index is 1260. The van der Waals surface area contributed by atoms with Crippen LogP contribution in [0.5, 0.6) is 0 Å². The molecule has 0 N–H and O–H groups in total. The second-order valence-corrected chi connectivity index (χ2v) is 18.8. The van der Waals surface area contributed by atoms with E-state index in [9.17, 15) is 14.4 Å². The van der Waals surface area contributed by atoms with Gasteiger partial charge >= 0.3 is 17.9 Å². The fourth-order valence-electron chi connectivity index (χ4n) is 7.89. The zero-order valence-electron chi connectivity index (χ0n) is 44.2. The van der Waals surface area contributed by atoms with Crippen LogP contribution in [-0.2, 0) is 28.6 Å². The first-order valence-electron chi connectivity index (χ1n) is 28.4. The van der Waals surface area contributed by atoms with Gasteiger partial charge in [-0.2, -0.15) is 0 Å². The van der Waals surface area contributed by atoms with E-state index >= 15 is 0 Å². The zero-order valence-corrected chi connectivity index (χ0v) is 44.2. The Labute approximate surface area is 414 Å². The highest BCUT2D eigenvalue weighted by Gasteiger charge is 2.19. The minimum atomic E-state index is -0.801. The lowest BCUT2D eigenvalue weighted by molar-refractivity contribution is -0.167. The molecule has 0 heterocycles. The third-order valence-electron chi connectivity index (χ3n) is 12.2. The van der Waals surface area contributed by atoms with Gasteiger partial charge in [0.05, 0.1) is 0 Å². The Kier molecular flexibility index (Phi) is 52.8. The van der Waals surface area contributed by atoms with Crippen LogP contribution in [0.3, 0.4) is 0 Å². The molecule has 0 saturated heterocycles. The average Bonchev–Trinajstić information content (AvgIpc) is 3.33. The van der Waals surface area contributed by atoms with Gasteiger partial charge in [-0.25, -0.2) is 0 Å². The maximum atomic E-state index is 12.8. The van der Waals surface area contributed by atoms with Crippen molar-refractivity contribution in [2.75, 3.05) is 13.2 Å². The van der Waals surface area contributed by atoms with E-state index in [1.54, 1.807) is 0 Å². The van der Waals surface area contributed by atoms with Gasteiger partial charge in [-0.15, -0.1) is 0 Å². The van der Waals surface area contributed by atoms with Gasteiger partial charge in [0.2, 0.25) is 0 Å². The fraction of sp³-hybridized carbons (Fsp3) is 0.754. The van der Waals surface area contributed by atoms with Gasteiger partial charge in [0.25, 0.3) is 0 Å². The van der Waals surface area contributed by atoms with Crippen LogP contribution in [0.2, 0.25) is 0 Å². The molecule has 0 aromatic rings. The Morgan fingerprint density at radius 1 is 0.313 bits per heavy atom. The highest BCUT2D eigenvalue weighted by atomic mass is 16.6. The van der Waals surface area contributed by atoms with E-state index in [0.29, 0.717) is 19.3 Å². The lowest BCUT2D eigenvalue weighted by Gasteiger charge is -2.18. The molecule has 0 amide bonds. The van der Waals surface area contributed by atoms with E-state index in [4.69, 9.17) is 14.2 Å². The number of hydrogen-bond acceptors (Lipinski definition) is 6. The van der Waals surface area contributed by atoms with Crippen molar-refractivity contribution in [3.8, 4) is 0 Å².